The van der Waals surface area contributed by atoms with Gasteiger partial charge in [0, 0.05) is 11.1 Å². The zero-order chi connectivity index (χ0) is 20.5. The molecule has 5 aromatic rings. The lowest BCUT2D eigenvalue weighted by molar-refractivity contribution is 0.0856. The Morgan fingerprint density at radius 3 is 1.73 bits per heavy atom. The van der Waals surface area contributed by atoms with Crippen molar-refractivity contribution in [2.24, 2.45) is 0 Å². The number of benzene rings is 4. The Labute approximate surface area is 173 Å². The van der Waals surface area contributed by atoms with Gasteiger partial charge in [0.25, 0.3) is 0 Å². The monoisotopic (exact) mass is 390 g/mol. The van der Waals surface area contributed by atoms with E-state index in [-0.39, 0.29) is 11.6 Å². The van der Waals surface area contributed by atoms with Gasteiger partial charge < -0.3 is 4.98 Å². The molecule has 1 aromatic heterocycles. The number of Topliss-reactive ketones (excluding diaryl/α,β-unsaturated/α-hetero) is 2. The highest BCUT2D eigenvalue weighted by Crippen LogP contribution is 2.28. The lowest BCUT2D eigenvalue weighted by Gasteiger charge is -2.13. The number of hydrogen-bond acceptors (Lipinski definition) is 3. The molecule has 0 fully saturated rings. The van der Waals surface area contributed by atoms with E-state index in [0.29, 0.717) is 17.0 Å². The number of ketones is 2. The van der Waals surface area contributed by atoms with E-state index in [1.54, 1.807) is 48.5 Å². The van der Waals surface area contributed by atoms with Crippen LogP contribution in [0.1, 0.15) is 32.5 Å². The van der Waals surface area contributed by atoms with Gasteiger partial charge in [-0.15, -0.1) is 0 Å². The Morgan fingerprint density at radius 1 is 0.667 bits per heavy atom. The summed E-state index contributed by atoms with van der Waals surface area (Å²) in [6.45, 7) is 0. The van der Waals surface area contributed by atoms with Crippen LogP contribution in [0.4, 0.5) is 0 Å². The summed E-state index contributed by atoms with van der Waals surface area (Å²) in [4.78, 5) is 34.7. The number of aromatic nitrogens is 2. The van der Waals surface area contributed by atoms with Crippen molar-refractivity contribution in [3.05, 3.63) is 114 Å². The molecule has 4 nitrogen and oxygen atoms in total. The fourth-order valence-electron chi connectivity index (χ4n) is 3.76. The molecule has 0 spiro atoms. The molecular formula is C26H18N2O2. The van der Waals surface area contributed by atoms with Crippen molar-refractivity contribution in [2.75, 3.05) is 0 Å². The number of nitrogens with one attached hydrogen (secondary N) is 1. The number of nitrogens with zero attached hydrogens (tertiary/aromatic N) is 1. The van der Waals surface area contributed by atoms with Crippen molar-refractivity contribution in [2.45, 2.75) is 5.92 Å². The Kier molecular flexibility index (Phi) is 4.45. The highest BCUT2D eigenvalue weighted by molar-refractivity contribution is 6.19. The summed E-state index contributed by atoms with van der Waals surface area (Å²) in [5.41, 5.74) is 2.50. The van der Waals surface area contributed by atoms with Crippen LogP contribution in [0.15, 0.2) is 97.1 Å². The summed E-state index contributed by atoms with van der Waals surface area (Å²) in [7, 11) is 0. The van der Waals surface area contributed by atoms with Gasteiger partial charge in [0.2, 0.25) is 0 Å². The van der Waals surface area contributed by atoms with Crippen LogP contribution in [-0.4, -0.2) is 21.5 Å². The topological polar surface area (TPSA) is 62.8 Å². The minimum atomic E-state index is -1.04. The molecule has 1 heterocycles. The quantitative estimate of drug-likeness (QED) is 0.315. The molecule has 0 radical (unpaired) electrons. The zero-order valence-electron chi connectivity index (χ0n) is 16.1. The van der Waals surface area contributed by atoms with Gasteiger partial charge in [-0.05, 0) is 22.9 Å². The predicted molar refractivity (Wildman–Crippen MR) is 118 cm³/mol. The number of imidazole rings is 1. The smallest absolute Gasteiger partial charge is 0.181 e. The van der Waals surface area contributed by atoms with Gasteiger partial charge in [-0.3, -0.25) is 9.59 Å². The summed E-state index contributed by atoms with van der Waals surface area (Å²) in [6, 6.07) is 29.7. The molecular weight excluding hydrogens is 372 g/mol. The number of aromatic amines is 1. The Morgan fingerprint density at radius 2 is 1.17 bits per heavy atom. The van der Waals surface area contributed by atoms with Crippen molar-refractivity contribution in [3.8, 4) is 0 Å². The number of carbonyl (C=O) groups is 2. The number of fused-ring (bicyclic) bond motifs is 2. The molecule has 4 heteroatoms. The van der Waals surface area contributed by atoms with Gasteiger partial charge in [-0.2, -0.15) is 0 Å². The first-order chi connectivity index (χ1) is 14.7. The van der Waals surface area contributed by atoms with E-state index in [1.807, 2.05) is 48.5 Å². The molecule has 5 rings (SSSR count). The van der Waals surface area contributed by atoms with Crippen LogP contribution < -0.4 is 0 Å². The molecule has 0 saturated heterocycles. The average Bonchev–Trinajstić information content (AvgIpc) is 3.20. The first kappa shape index (κ1) is 18.0. The maximum Gasteiger partial charge on any atom is 0.181 e. The normalized spacial score (nSPS) is 11.2. The number of H-pyrrole nitrogens is 1. The van der Waals surface area contributed by atoms with E-state index in [0.717, 1.165) is 21.8 Å². The second-order valence-electron chi connectivity index (χ2n) is 7.23. The Bertz CT molecular complexity index is 1270. The summed E-state index contributed by atoms with van der Waals surface area (Å²) in [5.74, 6) is -1.21. The molecule has 0 aliphatic rings. The molecule has 0 unspecified atom stereocenters. The highest BCUT2D eigenvalue weighted by atomic mass is 16.2. The molecule has 4 aromatic carbocycles. The zero-order valence-corrected chi connectivity index (χ0v) is 16.1. The van der Waals surface area contributed by atoms with E-state index >= 15 is 0 Å². The van der Waals surface area contributed by atoms with Crippen LogP contribution >= 0.6 is 0 Å². The van der Waals surface area contributed by atoms with E-state index in [4.69, 9.17) is 0 Å². The van der Waals surface area contributed by atoms with Gasteiger partial charge in [-0.25, -0.2) is 4.98 Å². The van der Waals surface area contributed by atoms with Gasteiger partial charge in [0.1, 0.15) is 11.7 Å². The van der Waals surface area contributed by atoms with Gasteiger partial charge >= 0.3 is 0 Å². The van der Waals surface area contributed by atoms with E-state index in [9.17, 15) is 9.59 Å². The van der Waals surface area contributed by atoms with Crippen LogP contribution in [0.5, 0.6) is 0 Å². The molecule has 0 bridgehead atoms. The fraction of sp³-hybridized carbons (Fsp3) is 0.0385. The average molecular weight is 390 g/mol. The van der Waals surface area contributed by atoms with Crippen LogP contribution in [0.2, 0.25) is 0 Å². The first-order valence-corrected chi connectivity index (χ1v) is 9.77. The highest BCUT2D eigenvalue weighted by Gasteiger charge is 2.33. The summed E-state index contributed by atoms with van der Waals surface area (Å²) >= 11 is 0. The molecule has 30 heavy (non-hydrogen) atoms. The SMILES string of the molecule is O=C(c1ccccc1)C(C(=O)c1ccccc1)c1nc2cc3ccccc3cc2[nH]1. The van der Waals surface area contributed by atoms with Crippen LogP contribution in [0.3, 0.4) is 0 Å². The third kappa shape index (κ3) is 3.18. The number of hydrogen-bond donors (Lipinski definition) is 1. The molecule has 1 N–H and O–H groups in total. The Balaban J connectivity index is 1.66. The third-order valence-electron chi connectivity index (χ3n) is 5.28. The molecule has 0 saturated carbocycles. The largest absolute Gasteiger partial charge is 0.341 e. The minimum absolute atomic E-state index is 0.270. The lowest BCUT2D eigenvalue weighted by Crippen LogP contribution is -2.23. The standard InChI is InChI=1S/C26H18N2O2/c29-24(17-9-3-1-4-10-17)23(25(30)18-11-5-2-6-12-18)26-27-21-15-19-13-7-8-14-20(19)16-22(21)28-26/h1-16,23H,(H,27,28). The van der Waals surface area contributed by atoms with Crippen molar-refractivity contribution in [1.29, 1.82) is 0 Å². The summed E-state index contributed by atoms with van der Waals surface area (Å²) in [5, 5.41) is 2.13. The number of carbonyl (C=O) groups excluding carboxylic acids is 2. The van der Waals surface area contributed by atoms with Gasteiger partial charge in [-0.1, -0.05) is 84.9 Å². The van der Waals surface area contributed by atoms with Crippen LogP contribution in [0, 0.1) is 0 Å². The summed E-state index contributed by atoms with van der Waals surface area (Å²) < 4.78 is 0. The van der Waals surface area contributed by atoms with Crippen molar-refractivity contribution in [3.63, 3.8) is 0 Å². The second kappa shape index (κ2) is 7.41. The number of rotatable bonds is 5. The maximum atomic E-state index is 13.4. The predicted octanol–water partition coefficient (Wildman–Crippen LogP) is 5.57. The molecule has 144 valence electrons. The van der Waals surface area contributed by atoms with Crippen molar-refractivity contribution >= 4 is 33.4 Å². The lowest BCUT2D eigenvalue weighted by atomic mass is 9.89. The van der Waals surface area contributed by atoms with Crippen molar-refractivity contribution < 1.29 is 9.59 Å². The van der Waals surface area contributed by atoms with E-state index in [1.165, 1.54) is 0 Å². The van der Waals surface area contributed by atoms with Crippen LogP contribution in [0.25, 0.3) is 21.8 Å². The molecule has 0 atom stereocenters. The Hall–Kier alpha value is -4.05. The van der Waals surface area contributed by atoms with Gasteiger partial charge in [0.05, 0.1) is 11.0 Å². The van der Waals surface area contributed by atoms with Gasteiger partial charge in [0.15, 0.2) is 11.6 Å². The minimum Gasteiger partial charge on any atom is -0.341 e. The first-order valence-electron chi connectivity index (χ1n) is 9.77. The molecule has 0 amide bonds. The maximum absolute atomic E-state index is 13.4. The fourth-order valence-corrected chi connectivity index (χ4v) is 3.76. The molecule has 0 aliphatic heterocycles. The van der Waals surface area contributed by atoms with E-state index in [2.05, 4.69) is 9.97 Å². The van der Waals surface area contributed by atoms with Crippen molar-refractivity contribution in [1.82, 2.24) is 9.97 Å². The summed E-state index contributed by atoms with van der Waals surface area (Å²) in [6.07, 6.45) is 0. The van der Waals surface area contributed by atoms with E-state index < -0.39 is 5.92 Å². The molecule has 0 aliphatic carbocycles. The van der Waals surface area contributed by atoms with Crippen LogP contribution in [-0.2, 0) is 0 Å². The third-order valence-corrected chi connectivity index (χ3v) is 5.28. The second-order valence-corrected chi connectivity index (χ2v) is 7.23.